The highest BCUT2D eigenvalue weighted by molar-refractivity contribution is 7.13. The van der Waals surface area contributed by atoms with Gasteiger partial charge in [-0.1, -0.05) is 6.92 Å². The molecule has 5 heteroatoms. The third kappa shape index (κ3) is 2.83. The van der Waals surface area contributed by atoms with E-state index in [0.717, 1.165) is 34.5 Å². The number of hydrogen-bond donors (Lipinski definition) is 0. The van der Waals surface area contributed by atoms with E-state index in [0.29, 0.717) is 6.79 Å². The van der Waals surface area contributed by atoms with Gasteiger partial charge in [0.1, 0.15) is 5.01 Å². The lowest BCUT2D eigenvalue weighted by Gasteiger charge is -2.30. The monoisotopic (exact) mass is 316 g/mol. The molecule has 0 bridgehead atoms. The molecule has 1 fully saturated rings. The van der Waals surface area contributed by atoms with Crippen molar-refractivity contribution < 1.29 is 9.47 Å². The van der Waals surface area contributed by atoms with Crippen molar-refractivity contribution in [2.75, 3.05) is 19.9 Å². The van der Waals surface area contributed by atoms with Gasteiger partial charge >= 0.3 is 0 Å². The Morgan fingerprint density at radius 3 is 3.14 bits per heavy atom. The first-order valence-corrected chi connectivity index (χ1v) is 8.73. The predicted octanol–water partition coefficient (Wildman–Crippen LogP) is 3.77. The molecule has 2 aliphatic rings. The van der Waals surface area contributed by atoms with Gasteiger partial charge in [-0.2, -0.15) is 0 Å². The summed E-state index contributed by atoms with van der Waals surface area (Å²) in [5.41, 5.74) is 2.28. The summed E-state index contributed by atoms with van der Waals surface area (Å²) in [5, 5.41) is 3.23. The molecule has 1 saturated heterocycles. The molecule has 1 aromatic carbocycles. The maximum Gasteiger partial charge on any atom is 0.231 e. The molecule has 4 rings (SSSR count). The van der Waals surface area contributed by atoms with E-state index in [1.807, 2.05) is 12.1 Å². The molecule has 2 aliphatic heterocycles. The molecule has 0 saturated carbocycles. The van der Waals surface area contributed by atoms with E-state index in [4.69, 9.17) is 14.5 Å². The topological polar surface area (TPSA) is 34.6 Å². The second kappa shape index (κ2) is 5.89. The quantitative estimate of drug-likeness (QED) is 0.863. The van der Waals surface area contributed by atoms with E-state index < -0.39 is 0 Å². The highest BCUT2D eigenvalue weighted by atomic mass is 32.1. The fourth-order valence-corrected chi connectivity index (χ4v) is 4.01. The maximum atomic E-state index is 5.45. The summed E-state index contributed by atoms with van der Waals surface area (Å²) < 4.78 is 10.8. The fourth-order valence-electron chi connectivity index (χ4n) is 3.20. The van der Waals surface area contributed by atoms with Crippen LogP contribution in [0.25, 0.3) is 10.6 Å². The minimum atomic E-state index is 0.315. The number of fused-ring (bicyclic) bond motifs is 1. The van der Waals surface area contributed by atoms with E-state index in [1.54, 1.807) is 11.3 Å². The first-order chi connectivity index (χ1) is 10.8. The lowest BCUT2D eigenvalue weighted by molar-refractivity contribution is 0.174. The van der Waals surface area contributed by atoms with Crippen molar-refractivity contribution in [2.24, 2.45) is 5.92 Å². The number of ether oxygens (including phenoxy) is 2. The van der Waals surface area contributed by atoms with Gasteiger partial charge in [-0.3, -0.25) is 4.90 Å². The molecular weight excluding hydrogens is 296 g/mol. The third-order valence-electron chi connectivity index (χ3n) is 4.30. The van der Waals surface area contributed by atoms with Crippen LogP contribution in [0.2, 0.25) is 0 Å². The minimum Gasteiger partial charge on any atom is -0.454 e. The number of thiazole rings is 1. The van der Waals surface area contributed by atoms with E-state index in [-0.39, 0.29) is 0 Å². The Bertz CT molecular complexity index is 670. The Morgan fingerprint density at radius 2 is 2.23 bits per heavy atom. The van der Waals surface area contributed by atoms with Crippen LogP contribution in [0, 0.1) is 5.92 Å². The van der Waals surface area contributed by atoms with Gasteiger partial charge in [-0.05, 0) is 43.5 Å². The van der Waals surface area contributed by atoms with Gasteiger partial charge in [0, 0.05) is 24.0 Å². The molecule has 116 valence electrons. The summed E-state index contributed by atoms with van der Waals surface area (Å²) >= 11 is 1.70. The smallest absolute Gasteiger partial charge is 0.231 e. The Hall–Kier alpha value is -1.59. The zero-order chi connectivity index (χ0) is 14.9. The number of benzene rings is 1. The average molecular weight is 316 g/mol. The Labute approximate surface area is 134 Å². The molecule has 1 atom stereocenters. The standard InChI is InChI=1S/C17H20N2O2S/c1-12-3-2-6-19(8-12)9-14-10-22-17(18-14)13-4-5-15-16(7-13)21-11-20-15/h4-5,7,10,12H,2-3,6,8-9,11H2,1H3. The zero-order valence-electron chi connectivity index (χ0n) is 12.7. The van der Waals surface area contributed by atoms with E-state index in [2.05, 4.69) is 23.3 Å². The van der Waals surface area contributed by atoms with Crippen molar-refractivity contribution >= 4 is 11.3 Å². The molecule has 1 unspecified atom stereocenters. The van der Waals surface area contributed by atoms with Gasteiger partial charge in [0.05, 0.1) is 5.69 Å². The molecule has 0 N–H and O–H groups in total. The average Bonchev–Trinajstić information content (AvgIpc) is 3.15. The van der Waals surface area contributed by atoms with Crippen molar-refractivity contribution in [3.8, 4) is 22.1 Å². The van der Waals surface area contributed by atoms with Crippen LogP contribution in [0.1, 0.15) is 25.5 Å². The van der Waals surface area contributed by atoms with Crippen LogP contribution in [0.3, 0.4) is 0 Å². The predicted molar refractivity (Wildman–Crippen MR) is 87.3 cm³/mol. The summed E-state index contributed by atoms with van der Waals surface area (Å²) in [5.74, 6) is 2.45. The van der Waals surface area contributed by atoms with Gasteiger partial charge in [-0.25, -0.2) is 4.98 Å². The normalized spacial score (nSPS) is 21.2. The van der Waals surface area contributed by atoms with E-state index in [1.165, 1.54) is 31.6 Å². The number of likely N-dealkylation sites (tertiary alicyclic amines) is 1. The SMILES string of the molecule is CC1CCCN(Cc2csc(-c3ccc4c(c3)OCO4)n2)C1. The first-order valence-electron chi connectivity index (χ1n) is 7.85. The molecule has 0 spiro atoms. The van der Waals surface area contributed by atoms with Crippen LogP contribution in [0.4, 0.5) is 0 Å². The molecular formula is C17H20N2O2S. The molecule has 3 heterocycles. The Kier molecular flexibility index (Phi) is 3.76. The first kappa shape index (κ1) is 14.0. The molecule has 4 nitrogen and oxygen atoms in total. The van der Waals surface area contributed by atoms with Crippen LogP contribution < -0.4 is 9.47 Å². The number of piperidine rings is 1. The van der Waals surface area contributed by atoms with Crippen LogP contribution >= 0.6 is 11.3 Å². The number of aromatic nitrogens is 1. The van der Waals surface area contributed by atoms with Crippen molar-refractivity contribution in [1.29, 1.82) is 0 Å². The minimum absolute atomic E-state index is 0.315. The van der Waals surface area contributed by atoms with Gasteiger partial charge in [0.2, 0.25) is 6.79 Å². The summed E-state index contributed by atoms with van der Waals surface area (Å²) in [6.07, 6.45) is 2.66. The van der Waals surface area contributed by atoms with Crippen molar-refractivity contribution in [1.82, 2.24) is 9.88 Å². The number of rotatable bonds is 3. The van der Waals surface area contributed by atoms with Crippen LogP contribution in [-0.4, -0.2) is 29.8 Å². The number of nitrogens with zero attached hydrogens (tertiary/aromatic N) is 2. The van der Waals surface area contributed by atoms with Crippen molar-refractivity contribution in [2.45, 2.75) is 26.3 Å². The van der Waals surface area contributed by atoms with Gasteiger partial charge in [0.15, 0.2) is 11.5 Å². The summed E-state index contributed by atoms with van der Waals surface area (Å²) in [6, 6.07) is 6.04. The summed E-state index contributed by atoms with van der Waals surface area (Å²) in [7, 11) is 0. The highest BCUT2D eigenvalue weighted by Gasteiger charge is 2.18. The zero-order valence-corrected chi connectivity index (χ0v) is 13.6. The van der Waals surface area contributed by atoms with E-state index in [9.17, 15) is 0 Å². The Morgan fingerprint density at radius 1 is 1.32 bits per heavy atom. The lowest BCUT2D eigenvalue weighted by atomic mass is 10.0. The van der Waals surface area contributed by atoms with E-state index >= 15 is 0 Å². The summed E-state index contributed by atoms with van der Waals surface area (Å²) in [6.45, 7) is 6.00. The maximum absolute atomic E-state index is 5.45. The fraction of sp³-hybridized carbons (Fsp3) is 0.471. The number of hydrogen-bond acceptors (Lipinski definition) is 5. The van der Waals surface area contributed by atoms with Crippen LogP contribution in [0.15, 0.2) is 23.6 Å². The third-order valence-corrected chi connectivity index (χ3v) is 5.24. The molecule has 0 amide bonds. The van der Waals surface area contributed by atoms with Crippen molar-refractivity contribution in [3.05, 3.63) is 29.3 Å². The highest BCUT2D eigenvalue weighted by Crippen LogP contribution is 2.36. The second-order valence-corrected chi connectivity index (χ2v) is 7.05. The lowest BCUT2D eigenvalue weighted by Crippen LogP contribution is -2.33. The summed E-state index contributed by atoms with van der Waals surface area (Å²) in [4.78, 5) is 7.33. The largest absolute Gasteiger partial charge is 0.454 e. The molecule has 22 heavy (non-hydrogen) atoms. The molecule has 0 aliphatic carbocycles. The molecule has 0 radical (unpaired) electrons. The van der Waals surface area contributed by atoms with Gasteiger partial charge in [-0.15, -0.1) is 11.3 Å². The van der Waals surface area contributed by atoms with Gasteiger partial charge < -0.3 is 9.47 Å². The second-order valence-electron chi connectivity index (χ2n) is 6.19. The van der Waals surface area contributed by atoms with Gasteiger partial charge in [0.25, 0.3) is 0 Å². The van der Waals surface area contributed by atoms with Crippen LogP contribution in [-0.2, 0) is 6.54 Å². The van der Waals surface area contributed by atoms with Crippen molar-refractivity contribution in [3.63, 3.8) is 0 Å². The Balaban J connectivity index is 1.49. The van der Waals surface area contributed by atoms with Crippen LogP contribution in [0.5, 0.6) is 11.5 Å². The molecule has 1 aromatic heterocycles. The molecule has 2 aromatic rings.